The van der Waals surface area contributed by atoms with Crippen LogP contribution in [0.1, 0.15) is 36.7 Å². The van der Waals surface area contributed by atoms with Gasteiger partial charge in [-0.1, -0.05) is 39.0 Å². The minimum absolute atomic E-state index is 0.349. The van der Waals surface area contributed by atoms with Crippen LogP contribution in [-0.4, -0.2) is 16.1 Å². The number of carboxylic acid groups (broad SMARTS) is 1. The third-order valence-corrected chi connectivity index (χ3v) is 2.18. The molecule has 102 valence electrons. The van der Waals surface area contributed by atoms with Gasteiger partial charge in [-0.2, -0.15) is 0 Å². The zero-order chi connectivity index (χ0) is 14.5. The maximum Gasteiger partial charge on any atom is 0.335 e. The van der Waals surface area contributed by atoms with E-state index in [-0.39, 0.29) is 0 Å². The molecule has 0 aliphatic carbocycles. The van der Waals surface area contributed by atoms with Crippen LogP contribution in [0, 0.1) is 0 Å². The van der Waals surface area contributed by atoms with E-state index in [1.54, 1.807) is 24.5 Å². The number of carbonyl (C=O) groups is 1. The molecular weight excluding hydrogens is 238 g/mol. The molecule has 0 fully saturated rings. The van der Waals surface area contributed by atoms with Gasteiger partial charge >= 0.3 is 5.97 Å². The molecule has 1 aromatic carbocycles. The van der Waals surface area contributed by atoms with Gasteiger partial charge in [0.25, 0.3) is 0 Å². The lowest BCUT2D eigenvalue weighted by Crippen LogP contribution is -1.95. The normalized spacial score (nSPS) is 8.37. The van der Waals surface area contributed by atoms with E-state index in [0.29, 0.717) is 5.56 Å². The second-order valence-electron chi connectivity index (χ2n) is 3.38. The van der Waals surface area contributed by atoms with E-state index in [9.17, 15) is 4.79 Å². The van der Waals surface area contributed by atoms with Crippen LogP contribution in [0.3, 0.4) is 0 Å². The summed E-state index contributed by atoms with van der Waals surface area (Å²) in [6.45, 7) is 6.04. The highest BCUT2D eigenvalue weighted by atomic mass is 16.4. The van der Waals surface area contributed by atoms with Gasteiger partial charge in [0, 0.05) is 12.4 Å². The molecule has 0 saturated heterocycles. The Morgan fingerprint density at radius 1 is 1.05 bits per heavy atom. The fraction of sp³-hybridized carbons (Fsp3) is 0.250. The summed E-state index contributed by atoms with van der Waals surface area (Å²) in [6.07, 6.45) is 4.44. The standard InChI is InChI=1S/C9H10O2.C5H5N.C2H6/c1-2-7-3-5-8(6-4-7)9(10)11;1-2-4-6-5-3-1;1-2/h3-6H,2H2,1H3,(H,10,11);1-5H;1-2H3. The minimum Gasteiger partial charge on any atom is -0.478 e. The molecule has 1 N–H and O–H groups in total. The molecule has 1 aromatic heterocycles. The van der Waals surface area contributed by atoms with E-state index in [1.807, 2.05) is 51.1 Å². The van der Waals surface area contributed by atoms with Gasteiger partial charge < -0.3 is 5.11 Å². The van der Waals surface area contributed by atoms with Gasteiger partial charge in [0.15, 0.2) is 0 Å². The van der Waals surface area contributed by atoms with E-state index in [1.165, 1.54) is 0 Å². The van der Waals surface area contributed by atoms with Crippen molar-refractivity contribution in [2.24, 2.45) is 0 Å². The predicted octanol–water partition coefficient (Wildman–Crippen LogP) is 4.06. The molecule has 0 aliphatic rings. The summed E-state index contributed by atoms with van der Waals surface area (Å²) < 4.78 is 0. The van der Waals surface area contributed by atoms with Crippen molar-refractivity contribution < 1.29 is 9.90 Å². The Bertz CT molecular complexity index is 411. The molecule has 0 atom stereocenters. The van der Waals surface area contributed by atoms with Gasteiger partial charge in [0.1, 0.15) is 0 Å². The van der Waals surface area contributed by atoms with Crippen LogP contribution in [0.4, 0.5) is 0 Å². The minimum atomic E-state index is -0.868. The molecule has 19 heavy (non-hydrogen) atoms. The molecule has 0 bridgehead atoms. The Hall–Kier alpha value is -2.16. The monoisotopic (exact) mass is 259 g/mol. The largest absolute Gasteiger partial charge is 0.478 e. The Morgan fingerprint density at radius 3 is 1.84 bits per heavy atom. The molecular formula is C16H21NO2. The summed E-state index contributed by atoms with van der Waals surface area (Å²) in [4.78, 5) is 14.2. The zero-order valence-electron chi connectivity index (χ0n) is 11.7. The first kappa shape index (κ1) is 16.8. The fourth-order valence-electron chi connectivity index (χ4n) is 1.20. The maximum atomic E-state index is 10.4. The van der Waals surface area contributed by atoms with Crippen molar-refractivity contribution in [3.05, 3.63) is 66.0 Å². The summed E-state index contributed by atoms with van der Waals surface area (Å²) in [5, 5.41) is 8.55. The number of benzene rings is 1. The van der Waals surface area contributed by atoms with Crippen LogP contribution < -0.4 is 0 Å². The lowest BCUT2D eigenvalue weighted by atomic mass is 10.1. The average molecular weight is 259 g/mol. The summed E-state index contributed by atoms with van der Waals surface area (Å²) in [6, 6.07) is 12.6. The maximum absolute atomic E-state index is 10.4. The van der Waals surface area contributed by atoms with Crippen molar-refractivity contribution in [1.29, 1.82) is 0 Å². The van der Waals surface area contributed by atoms with Gasteiger partial charge in [-0.25, -0.2) is 4.79 Å². The number of pyridine rings is 1. The molecule has 0 amide bonds. The number of nitrogens with zero attached hydrogens (tertiary/aromatic N) is 1. The first-order valence-electron chi connectivity index (χ1n) is 6.41. The van der Waals surface area contributed by atoms with Crippen LogP contribution in [0.25, 0.3) is 0 Å². The lowest BCUT2D eigenvalue weighted by Gasteiger charge is -1.96. The molecule has 2 aromatic rings. The van der Waals surface area contributed by atoms with Crippen molar-refractivity contribution in [1.82, 2.24) is 4.98 Å². The molecule has 0 spiro atoms. The molecule has 3 nitrogen and oxygen atoms in total. The second kappa shape index (κ2) is 11.0. The fourth-order valence-corrected chi connectivity index (χ4v) is 1.20. The van der Waals surface area contributed by atoms with Crippen LogP contribution >= 0.6 is 0 Å². The Labute approximate surface area is 115 Å². The summed E-state index contributed by atoms with van der Waals surface area (Å²) in [5.41, 5.74) is 1.51. The Kier molecular flexibility index (Phi) is 9.71. The summed E-state index contributed by atoms with van der Waals surface area (Å²) in [7, 11) is 0. The van der Waals surface area contributed by atoms with E-state index in [0.717, 1.165) is 12.0 Å². The Balaban J connectivity index is 0.000000341. The molecule has 0 radical (unpaired) electrons. The quantitative estimate of drug-likeness (QED) is 0.885. The average Bonchev–Trinajstić information content (AvgIpc) is 2.51. The van der Waals surface area contributed by atoms with E-state index in [4.69, 9.17) is 5.11 Å². The molecule has 0 unspecified atom stereocenters. The number of carboxylic acids is 1. The van der Waals surface area contributed by atoms with E-state index in [2.05, 4.69) is 4.98 Å². The van der Waals surface area contributed by atoms with Crippen LogP contribution in [0.2, 0.25) is 0 Å². The molecule has 3 heteroatoms. The highest BCUT2D eigenvalue weighted by molar-refractivity contribution is 5.87. The number of aromatic carboxylic acids is 1. The van der Waals surface area contributed by atoms with Gasteiger partial charge in [-0.05, 0) is 36.2 Å². The number of rotatable bonds is 2. The highest BCUT2D eigenvalue weighted by Crippen LogP contribution is 2.04. The first-order chi connectivity index (χ1) is 9.24. The van der Waals surface area contributed by atoms with Crippen LogP contribution in [0.5, 0.6) is 0 Å². The van der Waals surface area contributed by atoms with Crippen molar-refractivity contribution >= 4 is 5.97 Å². The molecule has 1 heterocycles. The smallest absolute Gasteiger partial charge is 0.335 e. The van der Waals surface area contributed by atoms with Crippen molar-refractivity contribution in [2.75, 3.05) is 0 Å². The SMILES string of the molecule is CC.CCc1ccc(C(=O)O)cc1.c1ccncc1. The third-order valence-electron chi connectivity index (χ3n) is 2.18. The van der Waals surface area contributed by atoms with Gasteiger partial charge in [0.05, 0.1) is 5.56 Å². The summed E-state index contributed by atoms with van der Waals surface area (Å²) >= 11 is 0. The first-order valence-corrected chi connectivity index (χ1v) is 6.41. The van der Waals surface area contributed by atoms with Crippen molar-refractivity contribution in [3.8, 4) is 0 Å². The second-order valence-corrected chi connectivity index (χ2v) is 3.38. The van der Waals surface area contributed by atoms with Gasteiger partial charge in [-0.15, -0.1) is 0 Å². The number of hydrogen-bond donors (Lipinski definition) is 1. The third kappa shape index (κ3) is 7.71. The zero-order valence-corrected chi connectivity index (χ0v) is 11.7. The molecule has 0 aliphatic heterocycles. The van der Waals surface area contributed by atoms with Gasteiger partial charge in [-0.3, -0.25) is 4.98 Å². The molecule has 0 saturated carbocycles. The lowest BCUT2D eigenvalue weighted by molar-refractivity contribution is 0.0697. The highest BCUT2D eigenvalue weighted by Gasteiger charge is 1.99. The van der Waals surface area contributed by atoms with Crippen molar-refractivity contribution in [3.63, 3.8) is 0 Å². The number of aryl methyl sites for hydroxylation is 1. The van der Waals surface area contributed by atoms with E-state index >= 15 is 0 Å². The van der Waals surface area contributed by atoms with Crippen molar-refractivity contribution in [2.45, 2.75) is 27.2 Å². The number of hydrogen-bond acceptors (Lipinski definition) is 2. The van der Waals surface area contributed by atoms with Crippen LogP contribution in [-0.2, 0) is 6.42 Å². The van der Waals surface area contributed by atoms with Crippen LogP contribution in [0.15, 0.2) is 54.9 Å². The Morgan fingerprint density at radius 2 is 1.58 bits per heavy atom. The predicted molar refractivity (Wildman–Crippen MR) is 78.4 cm³/mol. The molecule has 2 rings (SSSR count). The topological polar surface area (TPSA) is 50.2 Å². The van der Waals surface area contributed by atoms with Gasteiger partial charge in [0.2, 0.25) is 0 Å². The number of aromatic nitrogens is 1. The summed E-state index contributed by atoms with van der Waals surface area (Å²) in [5.74, 6) is -0.868. The van der Waals surface area contributed by atoms with E-state index < -0.39 is 5.97 Å².